The first-order valence-corrected chi connectivity index (χ1v) is 8.24. The SMILES string of the molecule is CC(C)c1ccc(NCc2cc(C#N)cs2)c(C(C)C)c1. The number of nitriles is 1. The molecule has 0 radical (unpaired) electrons. The molecule has 21 heavy (non-hydrogen) atoms. The maximum atomic E-state index is 8.87. The van der Waals surface area contributed by atoms with Gasteiger partial charge in [-0.05, 0) is 35.1 Å². The number of anilines is 1. The fraction of sp³-hybridized carbons (Fsp3) is 0.389. The Morgan fingerprint density at radius 1 is 1.14 bits per heavy atom. The van der Waals surface area contributed by atoms with Crippen LogP contribution in [0.3, 0.4) is 0 Å². The van der Waals surface area contributed by atoms with Gasteiger partial charge in [-0.2, -0.15) is 5.26 Å². The van der Waals surface area contributed by atoms with Crippen LogP contribution >= 0.6 is 11.3 Å². The summed E-state index contributed by atoms with van der Waals surface area (Å²) in [6.45, 7) is 9.67. The molecule has 1 aromatic heterocycles. The third-order valence-corrected chi connectivity index (χ3v) is 4.54. The van der Waals surface area contributed by atoms with Crippen molar-refractivity contribution in [3.8, 4) is 6.07 Å². The molecule has 0 spiro atoms. The Bertz CT molecular complexity index is 647. The molecule has 0 fully saturated rings. The molecule has 2 rings (SSSR count). The molecule has 0 saturated carbocycles. The van der Waals surface area contributed by atoms with Gasteiger partial charge in [0.15, 0.2) is 0 Å². The minimum Gasteiger partial charge on any atom is -0.380 e. The van der Waals surface area contributed by atoms with Crippen LogP contribution in [0.5, 0.6) is 0 Å². The number of nitrogens with zero attached hydrogens (tertiary/aromatic N) is 1. The van der Waals surface area contributed by atoms with Crippen molar-refractivity contribution < 1.29 is 0 Å². The predicted molar refractivity (Wildman–Crippen MR) is 91.0 cm³/mol. The van der Waals surface area contributed by atoms with E-state index in [1.807, 2.05) is 11.4 Å². The lowest BCUT2D eigenvalue weighted by Crippen LogP contribution is -2.03. The normalized spacial score (nSPS) is 10.9. The van der Waals surface area contributed by atoms with E-state index in [9.17, 15) is 0 Å². The average Bonchev–Trinajstić information content (AvgIpc) is 2.92. The standard InChI is InChI=1S/C18H22N2S/c1-12(2)15-5-6-18(17(8-15)13(3)4)20-10-16-7-14(9-19)11-21-16/h5-8,11-13,20H,10H2,1-4H3. The van der Waals surface area contributed by atoms with Gasteiger partial charge >= 0.3 is 0 Å². The van der Waals surface area contributed by atoms with Crippen molar-refractivity contribution in [3.05, 3.63) is 51.2 Å². The van der Waals surface area contributed by atoms with Gasteiger partial charge in [0.2, 0.25) is 0 Å². The zero-order valence-electron chi connectivity index (χ0n) is 13.1. The number of benzene rings is 1. The highest BCUT2D eigenvalue weighted by Crippen LogP contribution is 2.29. The van der Waals surface area contributed by atoms with Crippen molar-refractivity contribution in [2.45, 2.75) is 46.1 Å². The van der Waals surface area contributed by atoms with Crippen LogP contribution in [0.2, 0.25) is 0 Å². The second kappa shape index (κ2) is 6.78. The lowest BCUT2D eigenvalue weighted by Gasteiger charge is -2.17. The van der Waals surface area contributed by atoms with Gasteiger partial charge in [0, 0.05) is 22.5 Å². The summed E-state index contributed by atoms with van der Waals surface area (Å²) >= 11 is 1.63. The van der Waals surface area contributed by atoms with E-state index in [1.165, 1.54) is 21.7 Å². The average molecular weight is 298 g/mol. The van der Waals surface area contributed by atoms with Gasteiger partial charge in [0.25, 0.3) is 0 Å². The Balaban J connectivity index is 2.17. The van der Waals surface area contributed by atoms with Crippen molar-refractivity contribution in [1.29, 1.82) is 5.26 Å². The molecule has 0 bridgehead atoms. The monoisotopic (exact) mass is 298 g/mol. The zero-order valence-corrected chi connectivity index (χ0v) is 13.9. The summed E-state index contributed by atoms with van der Waals surface area (Å²) in [6, 6.07) is 10.8. The van der Waals surface area contributed by atoms with Crippen molar-refractivity contribution in [3.63, 3.8) is 0 Å². The topological polar surface area (TPSA) is 35.8 Å². The Morgan fingerprint density at radius 3 is 2.48 bits per heavy atom. The molecule has 110 valence electrons. The van der Waals surface area contributed by atoms with Crippen LogP contribution in [0, 0.1) is 11.3 Å². The molecule has 2 nitrogen and oxygen atoms in total. The summed E-state index contributed by atoms with van der Waals surface area (Å²) in [4.78, 5) is 1.19. The maximum Gasteiger partial charge on any atom is 0.100 e. The number of hydrogen-bond acceptors (Lipinski definition) is 3. The Labute approximate surface area is 131 Å². The Morgan fingerprint density at radius 2 is 1.90 bits per heavy atom. The minimum absolute atomic E-state index is 0.490. The zero-order chi connectivity index (χ0) is 15.4. The van der Waals surface area contributed by atoms with Crippen molar-refractivity contribution in [2.75, 3.05) is 5.32 Å². The number of rotatable bonds is 5. The van der Waals surface area contributed by atoms with Crippen molar-refractivity contribution in [1.82, 2.24) is 0 Å². The second-order valence-corrected chi connectivity index (χ2v) is 6.92. The van der Waals surface area contributed by atoms with Crippen LogP contribution < -0.4 is 5.32 Å². The van der Waals surface area contributed by atoms with Gasteiger partial charge in [-0.15, -0.1) is 11.3 Å². The van der Waals surface area contributed by atoms with Gasteiger partial charge in [-0.3, -0.25) is 0 Å². The molecule has 0 atom stereocenters. The van der Waals surface area contributed by atoms with E-state index >= 15 is 0 Å². The van der Waals surface area contributed by atoms with Crippen molar-refractivity contribution in [2.24, 2.45) is 0 Å². The van der Waals surface area contributed by atoms with Gasteiger partial charge in [0.1, 0.15) is 6.07 Å². The molecule has 1 N–H and O–H groups in total. The summed E-state index contributed by atoms with van der Waals surface area (Å²) in [7, 11) is 0. The van der Waals surface area contributed by atoms with Crippen LogP contribution in [-0.2, 0) is 6.54 Å². The number of nitrogens with one attached hydrogen (secondary N) is 1. The molecular weight excluding hydrogens is 276 g/mol. The largest absolute Gasteiger partial charge is 0.380 e. The number of thiophene rings is 1. The van der Waals surface area contributed by atoms with Gasteiger partial charge < -0.3 is 5.32 Å². The van der Waals surface area contributed by atoms with E-state index in [-0.39, 0.29) is 0 Å². The predicted octanol–water partition coefficient (Wildman–Crippen LogP) is 5.48. The molecule has 1 aromatic carbocycles. The highest BCUT2D eigenvalue weighted by Gasteiger charge is 2.10. The first-order valence-electron chi connectivity index (χ1n) is 7.36. The first-order chi connectivity index (χ1) is 10.0. The highest BCUT2D eigenvalue weighted by atomic mass is 32.1. The molecule has 0 amide bonds. The quantitative estimate of drug-likeness (QED) is 0.793. The molecule has 3 heteroatoms. The fourth-order valence-electron chi connectivity index (χ4n) is 2.29. The fourth-order valence-corrected chi connectivity index (χ4v) is 3.04. The van der Waals surface area contributed by atoms with Crippen LogP contribution in [-0.4, -0.2) is 0 Å². The maximum absolute atomic E-state index is 8.87. The third kappa shape index (κ3) is 3.86. The van der Waals surface area contributed by atoms with Crippen LogP contribution in [0.25, 0.3) is 0 Å². The summed E-state index contributed by atoms with van der Waals surface area (Å²) in [6.07, 6.45) is 0. The molecule has 0 aliphatic carbocycles. The molecule has 2 aromatic rings. The summed E-state index contributed by atoms with van der Waals surface area (Å²) in [5.41, 5.74) is 4.68. The smallest absolute Gasteiger partial charge is 0.100 e. The lowest BCUT2D eigenvalue weighted by molar-refractivity contribution is 0.833. The molecule has 0 saturated heterocycles. The van der Waals surface area contributed by atoms with E-state index < -0.39 is 0 Å². The van der Waals surface area contributed by atoms with E-state index in [2.05, 4.69) is 57.3 Å². The van der Waals surface area contributed by atoms with E-state index in [0.29, 0.717) is 11.8 Å². The molecule has 0 aliphatic heterocycles. The summed E-state index contributed by atoms with van der Waals surface area (Å²) in [5, 5.41) is 14.3. The highest BCUT2D eigenvalue weighted by molar-refractivity contribution is 7.10. The minimum atomic E-state index is 0.490. The lowest BCUT2D eigenvalue weighted by atomic mass is 9.94. The van der Waals surface area contributed by atoms with Crippen LogP contribution in [0.1, 0.15) is 61.1 Å². The third-order valence-electron chi connectivity index (χ3n) is 3.60. The van der Waals surface area contributed by atoms with Gasteiger partial charge in [0.05, 0.1) is 5.56 Å². The molecule has 0 aliphatic rings. The molecular formula is C18H22N2S. The Kier molecular flexibility index (Phi) is 5.03. The van der Waals surface area contributed by atoms with E-state index in [0.717, 1.165) is 12.1 Å². The molecule has 1 heterocycles. The van der Waals surface area contributed by atoms with Crippen molar-refractivity contribution >= 4 is 17.0 Å². The summed E-state index contributed by atoms with van der Waals surface area (Å²) in [5.74, 6) is 1.04. The van der Waals surface area contributed by atoms with Crippen LogP contribution in [0.4, 0.5) is 5.69 Å². The van der Waals surface area contributed by atoms with Crippen LogP contribution in [0.15, 0.2) is 29.6 Å². The second-order valence-electron chi connectivity index (χ2n) is 5.92. The van der Waals surface area contributed by atoms with Gasteiger partial charge in [-0.25, -0.2) is 0 Å². The Hall–Kier alpha value is -1.79. The number of hydrogen-bond donors (Lipinski definition) is 1. The van der Waals surface area contributed by atoms with E-state index in [4.69, 9.17) is 5.26 Å². The summed E-state index contributed by atoms with van der Waals surface area (Å²) < 4.78 is 0. The van der Waals surface area contributed by atoms with Gasteiger partial charge in [-0.1, -0.05) is 39.8 Å². The molecule has 0 unspecified atom stereocenters. The first kappa shape index (κ1) is 15.6. The van der Waals surface area contributed by atoms with E-state index in [1.54, 1.807) is 11.3 Å².